The number of nitrogens with one attached hydrogen (secondary N) is 1. The zero-order chi connectivity index (χ0) is 16.8. The molecule has 120 valence electrons. The molecule has 0 aliphatic carbocycles. The predicted octanol–water partition coefficient (Wildman–Crippen LogP) is 4.25. The second kappa shape index (κ2) is 7.28. The lowest BCUT2D eigenvalue weighted by molar-refractivity contribution is 0.0701. The van der Waals surface area contributed by atoms with Crippen LogP contribution < -0.4 is 10.2 Å². The molecule has 0 atom stereocenters. The highest BCUT2D eigenvalue weighted by Crippen LogP contribution is 2.15. The lowest BCUT2D eigenvalue weighted by Gasteiger charge is -2.03. The third kappa shape index (κ3) is 4.10. The van der Waals surface area contributed by atoms with Gasteiger partial charge in [-0.25, -0.2) is 4.79 Å². The molecule has 24 heavy (non-hydrogen) atoms. The quantitative estimate of drug-likeness (QED) is 0.330. The van der Waals surface area contributed by atoms with Crippen molar-refractivity contribution in [3.8, 4) is 5.75 Å². The molecule has 0 unspecified atom stereocenters. The summed E-state index contributed by atoms with van der Waals surface area (Å²) in [7, 11) is 0. The number of ether oxygens (including phenoxy) is 1. The number of rotatable bonds is 5. The van der Waals surface area contributed by atoms with Crippen molar-refractivity contribution in [2.45, 2.75) is 6.92 Å². The maximum atomic E-state index is 11.9. The van der Waals surface area contributed by atoms with Gasteiger partial charge < -0.3 is 9.15 Å². The molecular formula is C19H16N2O3. The van der Waals surface area contributed by atoms with E-state index in [0.717, 1.165) is 11.3 Å². The topological polar surface area (TPSA) is 63.8 Å². The van der Waals surface area contributed by atoms with E-state index in [-0.39, 0.29) is 5.76 Å². The van der Waals surface area contributed by atoms with Gasteiger partial charge in [-0.3, -0.25) is 5.43 Å². The Hall–Kier alpha value is -3.34. The summed E-state index contributed by atoms with van der Waals surface area (Å²) in [6.07, 6.45) is 3.08. The molecule has 1 aromatic heterocycles. The molecule has 0 fully saturated rings. The maximum Gasteiger partial charge on any atom is 0.379 e. The highest BCUT2D eigenvalue weighted by atomic mass is 16.5. The average Bonchev–Trinajstić information content (AvgIpc) is 3.12. The zero-order valence-electron chi connectivity index (χ0n) is 13.1. The van der Waals surface area contributed by atoms with Crippen LogP contribution in [0.25, 0.3) is 0 Å². The Morgan fingerprint density at radius 3 is 2.71 bits per heavy atom. The molecule has 5 nitrogen and oxygen atoms in total. The Morgan fingerprint density at radius 2 is 1.96 bits per heavy atom. The van der Waals surface area contributed by atoms with Crippen molar-refractivity contribution in [2.75, 3.05) is 5.43 Å². The fraction of sp³-hybridized carbons (Fsp3) is 0.0526. The number of carbonyl (C=O) groups is 1. The maximum absolute atomic E-state index is 11.9. The Balaban J connectivity index is 1.63. The van der Waals surface area contributed by atoms with Gasteiger partial charge in [-0.15, -0.1) is 0 Å². The largest absolute Gasteiger partial charge is 0.457 e. The van der Waals surface area contributed by atoms with Crippen molar-refractivity contribution >= 4 is 17.9 Å². The van der Waals surface area contributed by atoms with Crippen LogP contribution in [0.3, 0.4) is 0 Å². The number of aryl methyl sites for hydroxylation is 1. The number of hydrogen-bond acceptors (Lipinski definition) is 5. The number of carbonyl (C=O) groups excluding carboxylic acids is 1. The van der Waals surface area contributed by atoms with Crippen LogP contribution in [0.1, 0.15) is 21.7 Å². The first-order valence-electron chi connectivity index (χ1n) is 7.42. The van der Waals surface area contributed by atoms with E-state index in [1.165, 1.54) is 11.8 Å². The highest BCUT2D eigenvalue weighted by molar-refractivity contribution is 5.88. The van der Waals surface area contributed by atoms with Gasteiger partial charge in [0.05, 0.1) is 18.2 Å². The minimum atomic E-state index is -0.535. The normalized spacial score (nSPS) is 10.7. The van der Waals surface area contributed by atoms with Gasteiger partial charge in [0.25, 0.3) is 0 Å². The Bertz CT molecular complexity index is 837. The smallest absolute Gasteiger partial charge is 0.379 e. The predicted molar refractivity (Wildman–Crippen MR) is 92.5 cm³/mol. The van der Waals surface area contributed by atoms with Crippen LogP contribution >= 0.6 is 0 Å². The fourth-order valence-corrected chi connectivity index (χ4v) is 2.02. The van der Waals surface area contributed by atoms with Gasteiger partial charge in [0.1, 0.15) is 5.75 Å². The molecule has 0 saturated carbocycles. The van der Waals surface area contributed by atoms with Gasteiger partial charge >= 0.3 is 5.97 Å². The molecule has 5 heteroatoms. The highest BCUT2D eigenvalue weighted by Gasteiger charge is 2.11. The minimum absolute atomic E-state index is 0.162. The molecular weight excluding hydrogens is 304 g/mol. The molecule has 0 saturated heterocycles. The van der Waals surface area contributed by atoms with Crippen molar-refractivity contribution < 1.29 is 13.9 Å². The average molecular weight is 320 g/mol. The van der Waals surface area contributed by atoms with Crippen molar-refractivity contribution in [1.82, 2.24) is 0 Å². The first-order chi connectivity index (χ1) is 11.7. The molecule has 0 radical (unpaired) electrons. The van der Waals surface area contributed by atoms with E-state index < -0.39 is 5.97 Å². The second-order valence-corrected chi connectivity index (χ2v) is 5.18. The summed E-state index contributed by atoms with van der Waals surface area (Å²) in [6.45, 7) is 2.03. The first-order valence-corrected chi connectivity index (χ1v) is 7.42. The summed E-state index contributed by atoms with van der Waals surface area (Å²) in [5.74, 6) is 0.0534. The lowest BCUT2D eigenvalue weighted by Crippen LogP contribution is -2.07. The third-order valence-electron chi connectivity index (χ3n) is 3.25. The van der Waals surface area contributed by atoms with E-state index in [0.29, 0.717) is 5.75 Å². The molecule has 0 amide bonds. The van der Waals surface area contributed by atoms with E-state index in [4.69, 9.17) is 9.15 Å². The molecule has 0 spiro atoms. The molecule has 1 N–H and O–H groups in total. The van der Waals surface area contributed by atoms with Gasteiger partial charge in [-0.1, -0.05) is 29.8 Å². The Kier molecular flexibility index (Phi) is 4.72. The number of esters is 1. The summed E-state index contributed by atoms with van der Waals surface area (Å²) in [6, 6.07) is 18.2. The number of hydrogen-bond donors (Lipinski definition) is 1. The molecule has 2 aromatic carbocycles. The van der Waals surface area contributed by atoms with Crippen molar-refractivity contribution in [1.29, 1.82) is 0 Å². The second-order valence-electron chi connectivity index (χ2n) is 5.18. The standard InChI is InChI=1S/C19H16N2O3/c1-14-7-9-16(10-8-14)21-20-13-15-4-2-5-17(12-15)24-19(22)18-6-3-11-23-18/h2-13,21H,1H3. The SMILES string of the molecule is Cc1ccc(NN=Cc2cccc(OC(=O)c3ccco3)c2)cc1. The van der Waals surface area contributed by atoms with Crippen LogP contribution in [0.15, 0.2) is 76.4 Å². The molecule has 3 aromatic rings. The van der Waals surface area contributed by atoms with Crippen LogP contribution in [0.2, 0.25) is 0 Å². The summed E-state index contributed by atoms with van der Waals surface area (Å²) in [5.41, 5.74) is 5.85. The van der Waals surface area contributed by atoms with E-state index in [1.807, 2.05) is 37.3 Å². The van der Waals surface area contributed by atoms with E-state index in [9.17, 15) is 4.79 Å². The Labute approximate surface area is 139 Å². The minimum Gasteiger partial charge on any atom is -0.457 e. The molecule has 0 bridgehead atoms. The van der Waals surface area contributed by atoms with E-state index >= 15 is 0 Å². The first kappa shape index (κ1) is 15.6. The molecule has 1 heterocycles. The van der Waals surface area contributed by atoms with E-state index in [2.05, 4.69) is 10.5 Å². The van der Waals surface area contributed by atoms with Crippen LogP contribution in [-0.2, 0) is 0 Å². The number of anilines is 1. The monoisotopic (exact) mass is 320 g/mol. The van der Waals surface area contributed by atoms with E-state index in [1.54, 1.807) is 36.5 Å². The van der Waals surface area contributed by atoms with Gasteiger partial charge in [0, 0.05) is 0 Å². The third-order valence-corrected chi connectivity index (χ3v) is 3.25. The van der Waals surface area contributed by atoms with Crippen molar-refractivity contribution in [2.24, 2.45) is 5.10 Å². The van der Waals surface area contributed by atoms with Crippen molar-refractivity contribution in [3.05, 3.63) is 83.8 Å². The van der Waals surface area contributed by atoms with Crippen LogP contribution in [0.5, 0.6) is 5.75 Å². The van der Waals surface area contributed by atoms with Gasteiger partial charge in [-0.2, -0.15) is 5.10 Å². The number of benzene rings is 2. The van der Waals surface area contributed by atoms with Gasteiger partial charge in [0.2, 0.25) is 5.76 Å². The lowest BCUT2D eigenvalue weighted by atomic mass is 10.2. The molecule has 0 aliphatic heterocycles. The van der Waals surface area contributed by atoms with Crippen molar-refractivity contribution in [3.63, 3.8) is 0 Å². The molecule has 0 aliphatic rings. The fourth-order valence-electron chi connectivity index (χ4n) is 2.02. The van der Waals surface area contributed by atoms with Gasteiger partial charge in [-0.05, 0) is 48.9 Å². The summed E-state index contributed by atoms with van der Waals surface area (Å²) in [4.78, 5) is 11.9. The summed E-state index contributed by atoms with van der Waals surface area (Å²) in [5, 5.41) is 4.18. The zero-order valence-corrected chi connectivity index (χ0v) is 13.1. The summed E-state index contributed by atoms with van der Waals surface area (Å²) >= 11 is 0. The van der Waals surface area contributed by atoms with Crippen LogP contribution in [0.4, 0.5) is 5.69 Å². The number of nitrogens with zero attached hydrogens (tertiary/aromatic N) is 1. The van der Waals surface area contributed by atoms with Gasteiger partial charge in [0.15, 0.2) is 0 Å². The van der Waals surface area contributed by atoms with Crippen LogP contribution in [0, 0.1) is 6.92 Å². The Morgan fingerprint density at radius 1 is 1.12 bits per heavy atom. The molecule has 3 rings (SSSR count). The van der Waals surface area contributed by atoms with Crippen LogP contribution in [-0.4, -0.2) is 12.2 Å². The number of furan rings is 1. The summed E-state index contributed by atoms with van der Waals surface area (Å²) < 4.78 is 10.3. The number of hydrazone groups is 1.